The van der Waals surface area contributed by atoms with Crippen molar-refractivity contribution in [3.63, 3.8) is 0 Å². The number of pyridine rings is 2. The average Bonchev–Trinajstić information content (AvgIpc) is 3.92. The van der Waals surface area contributed by atoms with E-state index in [2.05, 4.69) is 79.2 Å². The van der Waals surface area contributed by atoms with Crippen molar-refractivity contribution in [1.29, 1.82) is 0 Å². The zero-order valence-corrected chi connectivity index (χ0v) is 36.3. The minimum Gasteiger partial charge on any atom is -0.352 e. The lowest BCUT2D eigenvalue weighted by Crippen LogP contribution is -2.25. The summed E-state index contributed by atoms with van der Waals surface area (Å²) in [6.07, 6.45) is 21.4. The smallest absolute Gasteiger partial charge is 0.252 e. The fourth-order valence-electron chi connectivity index (χ4n) is 5.86. The van der Waals surface area contributed by atoms with Gasteiger partial charge in [-0.3, -0.25) is 24.1 Å². The Labute approximate surface area is 356 Å². The summed E-state index contributed by atoms with van der Waals surface area (Å²) < 4.78 is 32.6. The Bertz CT molecular complexity index is 2200. The Morgan fingerprint density at radius 2 is 1.18 bits per heavy atom. The molecule has 4 heterocycles. The second kappa shape index (κ2) is 23.7. The summed E-state index contributed by atoms with van der Waals surface area (Å²) >= 11 is 5.48. The van der Waals surface area contributed by atoms with Crippen LogP contribution in [0.5, 0.6) is 0 Å². The lowest BCUT2D eigenvalue weighted by atomic mass is 10.1. The zero-order valence-electron chi connectivity index (χ0n) is 31.8. The molecule has 13 nitrogen and oxygen atoms in total. The van der Waals surface area contributed by atoms with Crippen LogP contribution in [0.2, 0.25) is 0 Å². The van der Waals surface area contributed by atoms with E-state index in [1.54, 1.807) is 49.1 Å². The third-order valence-corrected chi connectivity index (χ3v) is 12.4. The van der Waals surface area contributed by atoms with Gasteiger partial charge in [0, 0.05) is 70.1 Å². The Morgan fingerprint density at radius 3 is 1.74 bits per heavy atom. The topological polar surface area (TPSA) is 162 Å². The number of carbonyl (C=O) groups is 1. The van der Waals surface area contributed by atoms with E-state index in [9.17, 15) is 13.2 Å². The van der Waals surface area contributed by atoms with Gasteiger partial charge in [-0.25, -0.2) is 13.1 Å². The van der Waals surface area contributed by atoms with Gasteiger partial charge in [-0.2, -0.15) is 0 Å². The van der Waals surface area contributed by atoms with E-state index in [4.69, 9.17) is 0 Å². The molecule has 0 saturated heterocycles. The van der Waals surface area contributed by atoms with Crippen LogP contribution in [0, 0.1) is 3.57 Å². The van der Waals surface area contributed by atoms with Crippen molar-refractivity contribution < 1.29 is 13.2 Å². The number of sulfonamides is 1. The van der Waals surface area contributed by atoms with Crippen molar-refractivity contribution in [2.45, 2.75) is 82.2 Å². The number of rotatable bonds is 21. The lowest BCUT2D eigenvalue weighted by molar-refractivity contribution is 0.0952. The minimum atomic E-state index is -3.46. The van der Waals surface area contributed by atoms with Crippen molar-refractivity contribution in [3.05, 3.63) is 124 Å². The fraction of sp³-hybridized carbons (Fsp3) is 0.341. The molecular formula is C41H48BrIN10O3S. The first-order chi connectivity index (χ1) is 27.8. The molecule has 16 heteroatoms. The highest BCUT2D eigenvalue weighted by atomic mass is 127. The number of carbonyl (C=O) groups excluding carboxylic acids is 1. The molecule has 1 amide bonds. The normalized spacial score (nSPS) is 11.2. The molecule has 0 unspecified atom stereocenters. The van der Waals surface area contributed by atoms with E-state index in [-0.39, 0.29) is 10.8 Å². The second-order valence-electron chi connectivity index (χ2n) is 13.3. The Balaban J connectivity index is 0.000000218. The van der Waals surface area contributed by atoms with Gasteiger partial charge in [0.1, 0.15) is 11.4 Å². The molecule has 300 valence electrons. The van der Waals surface area contributed by atoms with Crippen molar-refractivity contribution >= 4 is 54.5 Å². The summed E-state index contributed by atoms with van der Waals surface area (Å²) in [5.74, 6) is 0.0144. The standard InChI is InChI=1S/C21H24IN5O.C20H24BrN5O2S/c22-19-11-5-4-10-18(19)21(28)24-13-6-2-1-3-7-14-27-16-20(25-26-27)17-9-8-12-23-15-17;21-18-10-4-5-11-20(18)29(27,28)23-13-6-2-1-3-7-14-26-16-19(24-25-26)17-9-8-12-22-15-17/h4-5,8-12,15-16H,1-3,6-7,13-14H2,(H,24,28);4-5,8-12,15-16,23H,1-3,6-7,13-14H2. The van der Waals surface area contributed by atoms with E-state index in [1.807, 2.05) is 70.3 Å². The van der Waals surface area contributed by atoms with Gasteiger partial charge < -0.3 is 5.32 Å². The van der Waals surface area contributed by atoms with Crippen molar-refractivity contribution in [1.82, 2.24) is 50.0 Å². The van der Waals surface area contributed by atoms with E-state index in [1.165, 1.54) is 0 Å². The average molecular weight is 968 g/mol. The molecule has 0 spiro atoms. The molecule has 2 aromatic carbocycles. The highest BCUT2D eigenvalue weighted by Crippen LogP contribution is 2.21. The number of aromatic nitrogens is 8. The summed E-state index contributed by atoms with van der Waals surface area (Å²) in [5.41, 5.74) is 4.39. The number of nitrogens with zero attached hydrogens (tertiary/aromatic N) is 8. The number of hydrogen-bond donors (Lipinski definition) is 2. The molecule has 6 rings (SSSR count). The van der Waals surface area contributed by atoms with Crippen LogP contribution in [0.3, 0.4) is 0 Å². The summed E-state index contributed by atoms with van der Waals surface area (Å²) in [7, 11) is -3.46. The van der Waals surface area contributed by atoms with Crippen LogP contribution in [-0.4, -0.2) is 67.4 Å². The molecule has 0 aliphatic rings. The van der Waals surface area contributed by atoms with Crippen LogP contribution in [0.4, 0.5) is 0 Å². The summed E-state index contributed by atoms with van der Waals surface area (Å²) in [6, 6.07) is 22.2. The predicted molar refractivity (Wildman–Crippen MR) is 233 cm³/mol. The predicted octanol–water partition coefficient (Wildman–Crippen LogP) is 8.36. The van der Waals surface area contributed by atoms with Crippen LogP contribution < -0.4 is 10.0 Å². The molecule has 2 N–H and O–H groups in total. The van der Waals surface area contributed by atoms with Gasteiger partial charge in [0.05, 0.1) is 22.9 Å². The van der Waals surface area contributed by atoms with E-state index in [0.717, 1.165) is 115 Å². The van der Waals surface area contributed by atoms with Gasteiger partial charge >= 0.3 is 0 Å². The van der Waals surface area contributed by atoms with Gasteiger partial charge in [-0.1, -0.05) is 73.2 Å². The largest absolute Gasteiger partial charge is 0.352 e. The third kappa shape index (κ3) is 14.8. The Hall–Kier alpha value is -4.39. The summed E-state index contributed by atoms with van der Waals surface area (Å²) in [6.45, 7) is 2.86. The van der Waals surface area contributed by atoms with Gasteiger partial charge in [-0.15, -0.1) is 10.2 Å². The lowest BCUT2D eigenvalue weighted by Gasteiger charge is -2.08. The number of nitrogens with one attached hydrogen (secondary N) is 2. The molecule has 0 bridgehead atoms. The Kier molecular flexibility index (Phi) is 18.2. The monoisotopic (exact) mass is 966 g/mol. The number of amides is 1. The van der Waals surface area contributed by atoms with Crippen LogP contribution in [-0.2, 0) is 23.1 Å². The van der Waals surface area contributed by atoms with Gasteiger partial charge in [0.2, 0.25) is 10.0 Å². The molecule has 0 fully saturated rings. The quantitative estimate of drug-likeness (QED) is 0.0534. The molecule has 0 saturated carbocycles. The first-order valence-electron chi connectivity index (χ1n) is 19.2. The minimum absolute atomic E-state index is 0.0144. The van der Waals surface area contributed by atoms with Crippen LogP contribution in [0.25, 0.3) is 22.5 Å². The van der Waals surface area contributed by atoms with Crippen LogP contribution in [0.1, 0.15) is 74.6 Å². The van der Waals surface area contributed by atoms with E-state index < -0.39 is 10.0 Å². The number of aryl methyl sites for hydroxylation is 2. The van der Waals surface area contributed by atoms with E-state index >= 15 is 0 Å². The second-order valence-corrected chi connectivity index (χ2v) is 17.1. The van der Waals surface area contributed by atoms with Crippen molar-refractivity contribution in [2.75, 3.05) is 13.1 Å². The fourth-order valence-corrected chi connectivity index (χ4v) is 8.56. The maximum absolute atomic E-state index is 12.3. The SMILES string of the molecule is O=C(NCCCCCCCn1cc(-c2cccnc2)nn1)c1ccccc1I.O=S(=O)(NCCCCCCCn1cc(-c2cccnc2)nn1)c1ccccc1Br. The van der Waals surface area contributed by atoms with Gasteiger partial charge in [0.15, 0.2) is 0 Å². The first kappa shape index (κ1) is 43.7. The first-order valence-corrected chi connectivity index (χ1v) is 22.5. The van der Waals surface area contributed by atoms with Crippen molar-refractivity contribution in [3.8, 4) is 22.5 Å². The molecular weight excluding hydrogens is 919 g/mol. The number of hydrogen-bond acceptors (Lipinski definition) is 9. The highest BCUT2D eigenvalue weighted by molar-refractivity contribution is 14.1. The van der Waals surface area contributed by atoms with Gasteiger partial charge in [0.25, 0.3) is 5.91 Å². The van der Waals surface area contributed by atoms with Crippen LogP contribution in [0.15, 0.2) is 119 Å². The maximum atomic E-state index is 12.3. The molecule has 0 aliphatic heterocycles. The zero-order chi connectivity index (χ0) is 40.1. The molecule has 0 aliphatic carbocycles. The number of halogens is 2. The number of unbranched alkanes of at least 4 members (excludes halogenated alkanes) is 8. The highest BCUT2D eigenvalue weighted by Gasteiger charge is 2.16. The molecule has 4 aromatic heterocycles. The molecule has 57 heavy (non-hydrogen) atoms. The van der Waals surface area contributed by atoms with Crippen molar-refractivity contribution in [2.24, 2.45) is 0 Å². The molecule has 0 radical (unpaired) electrons. The summed E-state index contributed by atoms with van der Waals surface area (Å²) in [5, 5.41) is 19.7. The van der Waals surface area contributed by atoms with Crippen LogP contribution >= 0.6 is 38.5 Å². The third-order valence-electron chi connectivity index (χ3n) is 8.94. The number of benzene rings is 2. The molecule has 6 aromatic rings. The van der Waals surface area contributed by atoms with E-state index in [0.29, 0.717) is 11.0 Å². The van der Waals surface area contributed by atoms with Gasteiger partial charge in [-0.05, 0) is 113 Å². The summed E-state index contributed by atoms with van der Waals surface area (Å²) in [4.78, 5) is 20.6. The maximum Gasteiger partial charge on any atom is 0.252 e. The Morgan fingerprint density at radius 1 is 0.649 bits per heavy atom. The molecule has 0 atom stereocenters.